The molecule has 0 spiro atoms. The molecule has 1 fully saturated rings. The number of anilines is 2. The van der Waals surface area contributed by atoms with Crippen LogP contribution in [0, 0.1) is 0 Å². The van der Waals surface area contributed by atoms with E-state index in [0.29, 0.717) is 18.4 Å². The van der Waals surface area contributed by atoms with E-state index in [1.54, 1.807) is 0 Å². The standard InChI is InChI=1S/C18H24N6O2/c1-19-17(25)18(26)22-16-13-10-21-15-12(8-9-20-15)14(13)24(23-16)11-6-4-2-3-5-7-11/h8-9,11,20-21H,2-7,10H2,1H3,(H,19,25)(H,22,23,26). The average Bonchev–Trinajstić information content (AvgIpc) is 3.17. The van der Waals surface area contributed by atoms with Gasteiger partial charge in [0.05, 0.1) is 11.7 Å². The van der Waals surface area contributed by atoms with Crippen molar-refractivity contribution in [1.29, 1.82) is 0 Å². The fourth-order valence-electron chi connectivity index (χ4n) is 3.96. The van der Waals surface area contributed by atoms with Gasteiger partial charge < -0.3 is 20.9 Å². The maximum atomic E-state index is 12.1. The predicted molar refractivity (Wildman–Crippen MR) is 98.8 cm³/mol. The van der Waals surface area contributed by atoms with Crippen molar-refractivity contribution in [3.05, 3.63) is 17.8 Å². The Hall–Kier alpha value is -2.77. The number of amides is 2. The molecule has 1 saturated carbocycles. The first-order valence-corrected chi connectivity index (χ1v) is 9.25. The molecule has 2 amide bonds. The van der Waals surface area contributed by atoms with Crippen LogP contribution in [-0.4, -0.2) is 33.6 Å². The van der Waals surface area contributed by atoms with E-state index in [1.807, 2.05) is 12.3 Å². The van der Waals surface area contributed by atoms with Crippen molar-refractivity contribution in [2.75, 3.05) is 17.7 Å². The summed E-state index contributed by atoms with van der Waals surface area (Å²) in [6, 6.07) is 2.34. The first-order chi connectivity index (χ1) is 12.7. The second-order valence-electron chi connectivity index (χ2n) is 6.92. The molecule has 1 aliphatic carbocycles. The third kappa shape index (κ3) is 2.85. The number of hydrogen-bond acceptors (Lipinski definition) is 4. The lowest BCUT2D eigenvalue weighted by atomic mass is 10.0. The zero-order chi connectivity index (χ0) is 18.1. The number of fused-ring (bicyclic) bond motifs is 3. The van der Waals surface area contributed by atoms with Crippen LogP contribution in [0.25, 0.3) is 11.3 Å². The molecule has 8 heteroatoms. The van der Waals surface area contributed by atoms with Gasteiger partial charge in [-0.25, -0.2) is 0 Å². The minimum absolute atomic E-state index is 0.317. The highest BCUT2D eigenvalue weighted by atomic mass is 16.2. The van der Waals surface area contributed by atoms with Gasteiger partial charge in [0.25, 0.3) is 0 Å². The second kappa shape index (κ2) is 6.86. The van der Waals surface area contributed by atoms with Gasteiger partial charge in [-0.05, 0) is 18.9 Å². The second-order valence-corrected chi connectivity index (χ2v) is 6.92. The Bertz CT molecular complexity index is 829. The molecule has 2 aromatic heterocycles. The van der Waals surface area contributed by atoms with Crippen molar-refractivity contribution >= 4 is 23.5 Å². The maximum Gasteiger partial charge on any atom is 0.314 e. The van der Waals surface area contributed by atoms with Gasteiger partial charge in [-0.1, -0.05) is 25.7 Å². The van der Waals surface area contributed by atoms with Crippen LogP contribution in [0.1, 0.15) is 50.1 Å². The molecular formula is C18H24N6O2. The molecule has 0 saturated heterocycles. The fourth-order valence-corrected chi connectivity index (χ4v) is 3.96. The lowest BCUT2D eigenvalue weighted by Gasteiger charge is -2.21. The van der Waals surface area contributed by atoms with E-state index in [1.165, 1.54) is 32.7 Å². The fraction of sp³-hybridized carbons (Fsp3) is 0.500. The minimum Gasteiger partial charge on any atom is -0.367 e. The van der Waals surface area contributed by atoms with Crippen molar-refractivity contribution in [2.45, 2.75) is 51.1 Å². The molecule has 2 aromatic rings. The Morgan fingerprint density at radius 2 is 1.96 bits per heavy atom. The van der Waals surface area contributed by atoms with Gasteiger partial charge >= 0.3 is 11.8 Å². The number of aromatic nitrogens is 3. The number of carbonyl (C=O) groups excluding carboxylic acids is 2. The summed E-state index contributed by atoms with van der Waals surface area (Å²) in [7, 11) is 1.44. The average molecular weight is 356 g/mol. The number of nitrogens with one attached hydrogen (secondary N) is 4. The van der Waals surface area contributed by atoms with Crippen LogP contribution in [0.3, 0.4) is 0 Å². The Balaban J connectivity index is 1.76. The van der Waals surface area contributed by atoms with E-state index in [4.69, 9.17) is 5.10 Å². The zero-order valence-electron chi connectivity index (χ0n) is 14.9. The van der Waals surface area contributed by atoms with Gasteiger partial charge in [0.1, 0.15) is 5.82 Å². The monoisotopic (exact) mass is 356 g/mol. The van der Waals surface area contributed by atoms with Crippen molar-refractivity contribution in [2.24, 2.45) is 0 Å². The number of likely N-dealkylation sites (N-methyl/N-ethyl adjacent to an activating group) is 1. The summed E-state index contributed by atoms with van der Waals surface area (Å²) in [5.41, 5.74) is 3.03. The highest BCUT2D eigenvalue weighted by Gasteiger charge is 2.30. The summed E-state index contributed by atoms with van der Waals surface area (Å²) >= 11 is 0. The molecule has 4 N–H and O–H groups in total. The van der Waals surface area contributed by atoms with Gasteiger partial charge in [0, 0.05) is 30.9 Å². The van der Waals surface area contributed by atoms with Crippen LogP contribution in [0.15, 0.2) is 12.3 Å². The van der Waals surface area contributed by atoms with Crippen LogP contribution in [0.4, 0.5) is 11.6 Å². The van der Waals surface area contributed by atoms with Crippen LogP contribution in [-0.2, 0) is 16.1 Å². The van der Waals surface area contributed by atoms with Gasteiger partial charge in [0.2, 0.25) is 0 Å². The molecule has 138 valence electrons. The lowest BCUT2D eigenvalue weighted by molar-refractivity contribution is -0.135. The molecular weight excluding hydrogens is 332 g/mol. The van der Waals surface area contributed by atoms with Crippen molar-refractivity contribution in [1.82, 2.24) is 20.1 Å². The largest absolute Gasteiger partial charge is 0.367 e. The number of hydrogen-bond donors (Lipinski definition) is 4. The summed E-state index contributed by atoms with van der Waals surface area (Å²) in [5, 5.41) is 13.1. The lowest BCUT2D eigenvalue weighted by Crippen LogP contribution is -2.33. The highest BCUT2D eigenvalue weighted by molar-refractivity contribution is 6.39. The predicted octanol–water partition coefficient (Wildman–Crippen LogP) is 2.38. The first kappa shape index (κ1) is 16.7. The number of nitrogens with zero attached hydrogens (tertiary/aromatic N) is 2. The van der Waals surface area contributed by atoms with Crippen LogP contribution in [0.2, 0.25) is 0 Å². The number of H-pyrrole nitrogens is 1. The summed E-state index contributed by atoms with van der Waals surface area (Å²) in [5.74, 6) is 0.0724. The molecule has 1 aliphatic heterocycles. The number of aromatic amines is 1. The molecule has 0 unspecified atom stereocenters. The van der Waals surface area contributed by atoms with E-state index in [-0.39, 0.29) is 0 Å². The number of carbonyl (C=O) groups is 2. The molecule has 8 nitrogen and oxygen atoms in total. The Labute approximate surface area is 151 Å². The van der Waals surface area contributed by atoms with Crippen molar-refractivity contribution < 1.29 is 9.59 Å². The zero-order valence-corrected chi connectivity index (χ0v) is 14.9. The van der Waals surface area contributed by atoms with Gasteiger partial charge in [0.15, 0.2) is 5.82 Å². The molecule has 0 bridgehead atoms. The summed E-state index contributed by atoms with van der Waals surface area (Å²) in [4.78, 5) is 26.9. The molecule has 26 heavy (non-hydrogen) atoms. The normalized spacial score (nSPS) is 16.8. The van der Waals surface area contributed by atoms with Crippen LogP contribution < -0.4 is 16.0 Å². The Kier molecular flexibility index (Phi) is 4.40. The van der Waals surface area contributed by atoms with Crippen LogP contribution >= 0.6 is 0 Å². The molecule has 0 atom stereocenters. The van der Waals surface area contributed by atoms with Crippen molar-refractivity contribution in [3.8, 4) is 11.3 Å². The topological polar surface area (TPSA) is 104 Å². The third-order valence-corrected chi connectivity index (χ3v) is 5.29. The molecule has 2 aliphatic rings. The first-order valence-electron chi connectivity index (χ1n) is 9.25. The van der Waals surface area contributed by atoms with E-state index >= 15 is 0 Å². The third-order valence-electron chi connectivity index (χ3n) is 5.29. The molecule has 0 aromatic carbocycles. The SMILES string of the molecule is CNC(=O)C(=O)Nc1nn(C2CCCCCC2)c2c1CNc1[nH]ccc1-2. The smallest absolute Gasteiger partial charge is 0.314 e. The Morgan fingerprint density at radius 3 is 2.69 bits per heavy atom. The van der Waals surface area contributed by atoms with E-state index < -0.39 is 11.8 Å². The van der Waals surface area contributed by atoms with Gasteiger partial charge in [-0.15, -0.1) is 0 Å². The van der Waals surface area contributed by atoms with Gasteiger partial charge in [-0.3, -0.25) is 14.3 Å². The number of rotatable bonds is 2. The van der Waals surface area contributed by atoms with E-state index in [2.05, 4.69) is 25.6 Å². The molecule has 4 rings (SSSR count). The van der Waals surface area contributed by atoms with E-state index in [0.717, 1.165) is 35.5 Å². The summed E-state index contributed by atoms with van der Waals surface area (Å²) in [6.07, 6.45) is 8.98. The summed E-state index contributed by atoms with van der Waals surface area (Å²) < 4.78 is 2.08. The Morgan fingerprint density at radius 1 is 1.19 bits per heavy atom. The minimum atomic E-state index is -0.694. The summed E-state index contributed by atoms with van der Waals surface area (Å²) in [6.45, 7) is 0.554. The maximum absolute atomic E-state index is 12.1. The quantitative estimate of drug-likeness (QED) is 0.490. The van der Waals surface area contributed by atoms with E-state index in [9.17, 15) is 9.59 Å². The highest BCUT2D eigenvalue weighted by Crippen LogP contribution is 2.41. The van der Waals surface area contributed by atoms with Crippen molar-refractivity contribution in [3.63, 3.8) is 0 Å². The molecule has 3 heterocycles. The molecule has 0 radical (unpaired) electrons. The van der Waals surface area contributed by atoms with Crippen LogP contribution in [0.5, 0.6) is 0 Å². The van der Waals surface area contributed by atoms with Gasteiger partial charge in [-0.2, -0.15) is 5.10 Å².